The second-order valence-corrected chi connectivity index (χ2v) is 2.51. The van der Waals surface area contributed by atoms with Gasteiger partial charge in [0.25, 0.3) is 0 Å². The van der Waals surface area contributed by atoms with Crippen molar-refractivity contribution in [1.29, 1.82) is 0 Å². The fourth-order valence-electron chi connectivity index (χ4n) is 0.468. The quantitative estimate of drug-likeness (QED) is 0.473. The van der Waals surface area contributed by atoms with E-state index in [0.717, 1.165) is 6.42 Å². The normalized spacial score (nSPS) is 13.2. The van der Waals surface area contributed by atoms with Crippen LogP contribution in [-0.4, -0.2) is 25.3 Å². The molecule has 0 saturated carbocycles. The number of aliphatic hydroxyl groups is 1. The van der Waals surface area contributed by atoms with Crippen molar-refractivity contribution < 1.29 is 9.63 Å². The zero-order chi connectivity index (χ0) is 7.11. The van der Waals surface area contributed by atoms with Crippen LogP contribution in [-0.2, 0) is 4.52 Å². The highest BCUT2D eigenvalue weighted by molar-refractivity contribution is 7.56. The minimum absolute atomic E-state index is 0.206. The van der Waals surface area contributed by atoms with E-state index in [2.05, 4.69) is 18.6 Å². The summed E-state index contributed by atoms with van der Waals surface area (Å²) in [6.45, 7) is 2.79. The first-order valence-electron chi connectivity index (χ1n) is 2.82. The van der Waals surface area contributed by atoms with Gasteiger partial charge in [0.05, 0.1) is 0 Å². The highest BCUT2D eigenvalue weighted by Crippen LogP contribution is 2.11. The number of hydrogen-bond donors (Lipinski definition) is 1. The van der Waals surface area contributed by atoms with E-state index >= 15 is 0 Å². The lowest BCUT2D eigenvalue weighted by atomic mass is 9.84. The van der Waals surface area contributed by atoms with E-state index in [4.69, 9.17) is 9.63 Å². The molecule has 0 heterocycles. The van der Waals surface area contributed by atoms with Crippen LogP contribution in [0.4, 0.5) is 0 Å². The summed E-state index contributed by atoms with van der Waals surface area (Å²) in [5.41, 5.74) is 0. The van der Waals surface area contributed by atoms with E-state index in [9.17, 15) is 0 Å². The SMILES string of the molecule is OCC([B]P)CCOP. The van der Waals surface area contributed by atoms with E-state index in [1.54, 1.807) is 0 Å². The van der Waals surface area contributed by atoms with Crippen molar-refractivity contribution in [2.24, 2.45) is 0 Å². The Balaban J connectivity index is 3.09. The number of aliphatic hydroxyl groups excluding tert-OH is 1. The minimum atomic E-state index is 0.206. The first-order valence-corrected chi connectivity index (χ1v) is 3.96. The van der Waals surface area contributed by atoms with Crippen LogP contribution in [0, 0.1) is 0 Å². The minimum Gasteiger partial charge on any atom is -0.397 e. The van der Waals surface area contributed by atoms with Crippen LogP contribution >= 0.6 is 18.6 Å². The van der Waals surface area contributed by atoms with Crippen molar-refractivity contribution in [3.63, 3.8) is 0 Å². The molecule has 3 atom stereocenters. The van der Waals surface area contributed by atoms with Gasteiger partial charge in [-0.05, 0) is 12.2 Å². The van der Waals surface area contributed by atoms with Crippen LogP contribution in [0.25, 0.3) is 0 Å². The molecule has 0 amide bonds. The van der Waals surface area contributed by atoms with Gasteiger partial charge < -0.3 is 9.63 Å². The Morgan fingerprint density at radius 1 is 1.67 bits per heavy atom. The van der Waals surface area contributed by atoms with Gasteiger partial charge in [-0.2, -0.15) is 9.12 Å². The largest absolute Gasteiger partial charge is 0.397 e. The molecule has 1 radical (unpaired) electrons. The van der Waals surface area contributed by atoms with Crippen LogP contribution < -0.4 is 0 Å². The average molecular weight is 165 g/mol. The molecular formula is C4H12BO2P2. The Morgan fingerprint density at radius 2 is 2.33 bits per heavy atom. The van der Waals surface area contributed by atoms with Crippen molar-refractivity contribution in [3.8, 4) is 0 Å². The molecule has 0 aliphatic rings. The van der Waals surface area contributed by atoms with Crippen LogP contribution in [0.5, 0.6) is 0 Å². The third-order valence-electron chi connectivity index (χ3n) is 1.11. The Labute approximate surface area is 61.4 Å². The predicted octanol–water partition coefficient (Wildman–Crippen LogP) is 0.458. The first kappa shape index (κ1) is 9.84. The number of rotatable bonds is 5. The fourth-order valence-corrected chi connectivity index (χ4v) is 0.918. The van der Waals surface area contributed by atoms with Crippen molar-refractivity contribution in [2.75, 3.05) is 13.2 Å². The maximum Gasteiger partial charge on any atom is 0.144 e. The third-order valence-corrected chi connectivity index (χ3v) is 1.89. The molecule has 0 aromatic rings. The van der Waals surface area contributed by atoms with Crippen LogP contribution in [0.1, 0.15) is 6.42 Å². The van der Waals surface area contributed by atoms with Crippen molar-refractivity contribution in [1.82, 2.24) is 0 Å². The summed E-state index contributed by atoms with van der Waals surface area (Å²) < 4.78 is 4.75. The van der Waals surface area contributed by atoms with Crippen molar-refractivity contribution in [2.45, 2.75) is 12.2 Å². The lowest BCUT2D eigenvalue weighted by molar-refractivity contribution is 0.265. The zero-order valence-electron chi connectivity index (χ0n) is 5.29. The van der Waals surface area contributed by atoms with Gasteiger partial charge in [-0.1, -0.05) is 0 Å². The molecule has 0 aliphatic carbocycles. The standard InChI is InChI=1S/C4H12BO2P2/c6-3-4(5-8)1-2-7-9/h4,6H,1-3,8-9H2. The fraction of sp³-hybridized carbons (Fsp3) is 1.00. The topological polar surface area (TPSA) is 29.5 Å². The molecule has 0 fully saturated rings. The Morgan fingerprint density at radius 3 is 2.67 bits per heavy atom. The second-order valence-electron chi connectivity index (χ2n) is 1.79. The van der Waals surface area contributed by atoms with Crippen LogP contribution in [0.3, 0.4) is 0 Å². The van der Waals surface area contributed by atoms with Gasteiger partial charge in [0.15, 0.2) is 0 Å². The van der Waals surface area contributed by atoms with Gasteiger partial charge in [0, 0.05) is 22.7 Å². The average Bonchev–Trinajstić information content (AvgIpc) is 1.91. The highest BCUT2D eigenvalue weighted by Gasteiger charge is 2.03. The van der Waals surface area contributed by atoms with Gasteiger partial charge in [0.2, 0.25) is 0 Å². The summed E-state index contributed by atoms with van der Waals surface area (Å²) in [4.78, 5) is 0. The van der Waals surface area contributed by atoms with E-state index in [-0.39, 0.29) is 12.4 Å². The van der Waals surface area contributed by atoms with Crippen molar-refractivity contribution in [3.05, 3.63) is 0 Å². The van der Waals surface area contributed by atoms with E-state index in [1.165, 1.54) is 0 Å². The van der Waals surface area contributed by atoms with Crippen LogP contribution in [0.2, 0.25) is 5.82 Å². The van der Waals surface area contributed by atoms with E-state index < -0.39 is 0 Å². The maximum atomic E-state index is 8.65. The molecule has 0 aliphatic heterocycles. The molecule has 0 aromatic heterocycles. The monoisotopic (exact) mass is 165 g/mol. The van der Waals surface area contributed by atoms with E-state index in [0.29, 0.717) is 6.61 Å². The lowest BCUT2D eigenvalue weighted by Gasteiger charge is -2.07. The molecule has 0 rings (SSSR count). The Bertz CT molecular complexity index is 60.5. The second kappa shape index (κ2) is 6.96. The predicted molar refractivity (Wildman–Crippen MR) is 46.6 cm³/mol. The molecule has 9 heavy (non-hydrogen) atoms. The summed E-state index contributed by atoms with van der Waals surface area (Å²) in [5.74, 6) is 0.260. The zero-order valence-corrected chi connectivity index (χ0v) is 7.60. The summed E-state index contributed by atoms with van der Waals surface area (Å²) in [6.07, 6.45) is 0.878. The smallest absolute Gasteiger partial charge is 0.144 e. The Hall–Kier alpha value is 0.845. The molecule has 0 aromatic carbocycles. The number of hydrogen-bond acceptors (Lipinski definition) is 2. The van der Waals surface area contributed by atoms with Gasteiger partial charge >= 0.3 is 0 Å². The first-order chi connectivity index (χ1) is 4.35. The van der Waals surface area contributed by atoms with Gasteiger partial charge in [-0.3, -0.25) is 0 Å². The molecule has 3 unspecified atom stereocenters. The van der Waals surface area contributed by atoms with Gasteiger partial charge in [-0.15, -0.1) is 0 Å². The molecule has 0 spiro atoms. The summed E-state index contributed by atoms with van der Waals surface area (Å²) in [5, 5.41) is 8.65. The summed E-state index contributed by atoms with van der Waals surface area (Å²) in [7, 11) is 4.67. The van der Waals surface area contributed by atoms with E-state index in [1.807, 2.05) is 7.00 Å². The van der Waals surface area contributed by atoms with Crippen molar-refractivity contribution >= 4 is 25.6 Å². The molecule has 5 heteroatoms. The summed E-state index contributed by atoms with van der Waals surface area (Å²) >= 11 is 0. The molecule has 2 nitrogen and oxygen atoms in total. The third kappa shape index (κ3) is 5.30. The summed E-state index contributed by atoms with van der Waals surface area (Å²) in [6, 6.07) is 0. The highest BCUT2D eigenvalue weighted by atomic mass is 31.0. The lowest BCUT2D eigenvalue weighted by Crippen LogP contribution is -2.05. The van der Waals surface area contributed by atoms with Gasteiger partial charge in [0.1, 0.15) is 7.00 Å². The van der Waals surface area contributed by atoms with Gasteiger partial charge in [-0.25, -0.2) is 0 Å². The Kier molecular flexibility index (Phi) is 7.61. The molecule has 1 N–H and O–H groups in total. The molecule has 53 valence electrons. The molecule has 0 bridgehead atoms. The van der Waals surface area contributed by atoms with Crippen LogP contribution in [0.15, 0.2) is 0 Å². The molecular weight excluding hydrogens is 153 g/mol. The maximum absolute atomic E-state index is 8.65. The molecule has 0 saturated heterocycles.